The van der Waals surface area contributed by atoms with Gasteiger partial charge in [-0.15, -0.1) is 0 Å². The molecule has 2 aliphatic heterocycles. The quantitative estimate of drug-likeness (QED) is 0.842. The normalized spacial score (nSPS) is 26.4. The third kappa shape index (κ3) is 3.20. The number of hydrogen-bond acceptors (Lipinski definition) is 4. The molecule has 1 N–H and O–H groups in total. The van der Waals surface area contributed by atoms with E-state index in [9.17, 15) is 0 Å². The molecule has 4 heteroatoms. The summed E-state index contributed by atoms with van der Waals surface area (Å²) in [5, 5.41) is 3.33. The van der Waals surface area contributed by atoms with E-state index in [2.05, 4.69) is 28.4 Å². The van der Waals surface area contributed by atoms with Gasteiger partial charge in [-0.1, -0.05) is 12.2 Å². The maximum absolute atomic E-state index is 5.36. The van der Waals surface area contributed by atoms with Crippen LogP contribution in [0.15, 0.2) is 48.6 Å². The molecule has 0 radical (unpaired) electrons. The Labute approximate surface area is 114 Å². The second-order valence-electron chi connectivity index (χ2n) is 5.12. The van der Waals surface area contributed by atoms with Crippen molar-refractivity contribution in [1.82, 2.24) is 10.2 Å². The SMILES string of the molecule is C1=CCC(CN2CCCC2)C(NC2=COC=CO2)=C1. The number of allylic oxidation sites excluding steroid dienone is 3. The third-order valence-electron chi connectivity index (χ3n) is 3.72. The zero-order valence-corrected chi connectivity index (χ0v) is 11.0. The molecule has 3 aliphatic rings. The van der Waals surface area contributed by atoms with Crippen molar-refractivity contribution in [2.45, 2.75) is 19.3 Å². The van der Waals surface area contributed by atoms with Crippen LogP contribution in [0.3, 0.4) is 0 Å². The van der Waals surface area contributed by atoms with Crippen LogP contribution < -0.4 is 5.32 Å². The van der Waals surface area contributed by atoms with Crippen LogP contribution in [0.4, 0.5) is 0 Å². The van der Waals surface area contributed by atoms with Gasteiger partial charge in [-0.25, -0.2) is 0 Å². The molecular weight excluding hydrogens is 240 g/mol. The smallest absolute Gasteiger partial charge is 0.232 e. The Morgan fingerprint density at radius 3 is 2.95 bits per heavy atom. The van der Waals surface area contributed by atoms with Crippen molar-refractivity contribution in [3.05, 3.63) is 48.6 Å². The highest BCUT2D eigenvalue weighted by Gasteiger charge is 2.22. The van der Waals surface area contributed by atoms with Gasteiger partial charge in [-0.05, 0) is 38.4 Å². The van der Waals surface area contributed by atoms with Gasteiger partial charge in [0.05, 0.1) is 0 Å². The van der Waals surface area contributed by atoms with Gasteiger partial charge in [-0.3, -0.25) is 0 Å². The van der Waals surface area contributed by atoms with Crippen LogP contribution in [0.25, 0.3) is 0 Å². The number of rotatable bonds is 4. The maximum atomic E-state index is 5.36. The highest BCUT2D eigenvalue weighted by atomic mass is 16.5. The largest absolute Gasteiger partial charge is 0.464 e. The van der Waals surface area contributed by atoms with Crippen molar-refractivity contribution in [2.75, 3.05) is 19.6 Å². The first-order chi connectivity index (χ1) is 9.42. The van der Waals surface area contributed by atoms with Crippen LogP contribution in [0.1, 0.15) is 19.3 Å². The molecule has 19 heavy (non-hydrogen) atoms. The molecule has 0 aromatic rings. The lowest BCUT2D eigenvalue weighted by molar-refractivity contribution is 0.232. The summed E-state index contributed by atoms with van der Waals surface area (Å²) >= 11 is 0. The minimum atomic E-state index is 0.513. The lowest BCUT2D eigenvalue weighted by Gasteiger charge is -2.27. The minimum absolute atomic E-state index is 0.513. The van der Waals surface area contributed by atoms with Crippen molar-refractivity contribution in [3.63, 3.8) is 0 Å². The van der Waals surface area contributed by atoms with Crippen LogP contribution in [0.5, 0.6) is 0 Å². The first-order valence-corrected chi connectivity index (χ1v) is 6.95. The molecular formula is C15H20N2O2. The highest BCUT2D eigenvalue weighted by Crippen LogP contribution is 2.23. The first-order valence-electron chi connectivity index (χ1n) is 6.95. The maximum Gasteiger partial charge on any atom is 0.232 e. The van der Waals surface area contributed by atoms with Crippen molar-refractivity contribution in [1.29, 1.82) is 0 Å². The van der Waals surface area contributed by atoms with Gasteiger partial charge in [0, 0.05) is 18.2 Å². The second-order valence-corrected chi connectivity index (χ2v) is 5.12. The molecule has 0 aromatic heterocycles. The average Bonchev–Trinajstić information content (AvgIpc) is 2.95. The number of nitrogens with zero attached hydrogens (tertiary/aromatic N) is 1. The highest BCUT2D eigenvalue weighted by molar-refractivity contribution is 5.22. The predicted molar refractivity (Wildman–Crippen MR) is 73.5 cm³/mol. The third-order valence-corrected chi connectivity index (χ3v) is 3.72. The van der Waals surface area contributed by atoms with Crippen molar-refractivity contribution >= 4 is 0 Å². The fourth-order valence-electron chi connectivity index (χ4n) is 2.73. The molecule has 102 valence electrons. The Morgan fingerprint density at radius 2 is 2.16 bits per heavy atom. The van der Waals surface area contributed by atoms with Crippen LogP contribution >= 0.6 is 0 Å². The summed E-state index contributed by atoms with van der Waals surface area (Å²) in [6, 6.07) is 0. The molecule has 4 nitrogen and oxygen atoms in total. The number of likely N-dealkylation sites (tertiary alicyclic amines) is 1. The Hall–Kier alpha value is -1.68. The van der Waals surface area contributed by atoms with E-state index in [4.69, 9.17) is 9.47 Å². The number of nitrogens with one attached hydrogen (secondary N) is 1. The van der Waals surface area contributed by atoms with Gasteiger partial charge in [0.25, 0.3) is 0 Å². The lowest BCUT2D eigenvalue weighted by atomic mass is 9.96. The van der Waals surface area contributed by atoms with Gasteiger partial charge < -0.3 is 19.7 Å². The number of ether oxygens (including phenoxy) is 2. The molecule has 0 saturated carbocycles. The van der Waals surface area contributed by atoms with E-state index in [-0.39, 0.29) is 0 Å². The molecule has 1 aliphatic carbocycles. The standard InChI is InChI=1S/C15H20N2O2/c1-2-6-14(16-15-12-18-9-10-19-15)13(5-1)11-17-7-3-4-8-17/h1-2,6,9-10,12-13,16H,3-5,7-8,11H2. The van der Waals surface area contributed by atoms with E-state index in [1.807, 2.05) is 0 Å². The Morgan fingerprint density at radius 1 is 1.26 bits per heavy atom. The van der Waals surface area contributed by atoms with Crippen LogP contribution in [-0.2, 0) is 9.47 Å². The van der Waals surface area contributed by atoms with E-state index < -0.39 is 0 Å². The fourth-order valence-corrected chi connectivity index (χ4v) is 2.73. The van der Waals surface area contributed by atoms with E-state index in [1.165, 1.54) is 44.2 Å². The second kappa shape index (κ2) is 5.97. The summed E-state index contributed by atoms with van der Waals surface area (Å²) in [5.74, 6) is 1.16. The van der Waals surface area contributed by atoms with E-state index in [0.29, 0.717) is 11.8 Å². The molecule has 3 rings (SSSR count). The molecule has 2 heterocycles. The van der Waals surface area contributed by atoms with Gasteiger partial charge in [0.15, 0.2) is 6.26 Å². The Kier molecular flexibility index (Phi) is 3.89. The number of hydrogen-bond donors (Lipinski definition) is 1. The molecule has 0 amide bonds. The van der Waals surface area contributed by atoms with Crippen molar-refractivity contribution in [3.8, 4) is 0 Å². The summed E-state index contributed by atoms with van der Waals surface area (Å²) in [7, 11) is 0. The van der Waals surface area contributed by atoms with Crippen LogP contribution in [-0.4, -0.2) is 24.5 Å². The molecule has 0 aromatic carbocycles. The van der Waals surface area contributed by atoms with Gasteiger partial charge in [0.1, 0.15) is 12.5 Å². The van der Waals surface area contributed by atoms with Crippen LogP contribution in [0, 0.1) is 5.92 Å². The molecule has 1 atom stereocenters. The van der Waals surface area contributed by atoms with Gasteiger partial charge >= 0.3 is 0 Å². The van der Waals surface area contributed by atoms with E-state index >= 15 is 0 Å². The zero-order valence-electron chi connectivity index (χ0n) is 11.0. The summed E-state index contributed by atoms with van der Waals surface area (Å²) in [5.41, 5.74) is 1.21. The molecule has 0 bridgehead atoms. The lowest BCUT2D eigenvalue weighted by Crippen LogP contribution is -2.32. The van der Waals surface area contributed by atoms with Crippen LogP contribution in [0.2, 0.25) is 0 Å². The monoisotopic (exact) mass is 260 g/mol. The summed E-state index contributed by atoms with van der Waals surface area (Å²) in [6.45, 7) is 3.59. The summed E-state index contributed by atoms with van der Waals surface area (Å²) in [4.78, 5) is 2.55. The molecule has 1 saturated heterocycles. The fraction of sp³-hybridized carbons (Fsp3) is 0.467. The first kappa shape index (κ1) is 12.4. The van der Waals surface area contributed by atoms with Gasteiger partial charge in [0.2, 0.25) is 5.88 Å². The Bertz CT molecular complexity index is 431. The average molecular weight is 260 g/mol. The Balaban J connectivity index is 1.61. The molecule has 1 unspecified atom stereocenters. The predicted octanol–water partition coefficient (Wildman–Crippen LogP) is 2.45. The van der Waals surface area contributed by atoms with Gasteiger partial charge in [-0.2, -0.15) is 0 Å². The topological polar surface area (TPSA) is 33.7 Å². The summed E-state index contributed by atoms with van der Waals surface area (Å²) < 4.78 is 10.5. The minimum Gasteiger partial charge on any atom is -0.464 e. The molecule has 1 fully saturated rings. The summed E-state index contributed by atoms with van der Waals surface area (Å²) in [6.07, 6.45) is 14.9. The van der Waals surface area contributed by atoms with E-state index in [0.717, 1.165) is 13.0 Å². The van der Waals surface area contributed by atoms with Crippen molar-refractivity contribution < 1.29 is 9.47 Å². The van der Waals surface area contributed by atoms with E-state index in [1.54, 1.807) is 6.26 Å². The van der Waals surface area contributed by atoms with Crippen molar-refractivity contribution in [2.24, 2.45) is 5.92 Å². The molecule has 0 spiro atoms. The zero-order chi connectivity index (χ0) is 12.9.